The maximum absolute atomic E-state index is 12.8. The number of carbonyl (C=O) groups is 1. The Morgan fingerprint density at radius 1 is 1.00 bits per heavy atom. The molecule has 7 heteroatoms. The molecule has 0 atom stereocenters. The van der Waals surface area contributed by atoms with Gasteiger partial charge in [0.15, 0.2) is 11.5 Å². The number of fused-ring (bicyclic) bond motifs is 1. The second kappa shape index (κ2) is 9.98. The highest BCUT2D eigenvalue weighted by molar-refractivity contribution is 6.02. The van der Waals surface area contributed by atoms with Gasteiger partial charge in [-0.2, -0.15) is 10.4 Å². The van der Waals surface area contributed by atoms with Crippen LogP contribution in [0.3, 0.4) is 0 Å². The molecular weight excluding hydrogens is 440 g/mol. The third kappa shape index (κ3) is 4.92. The summed E-state index contributed by atoms with van der Waals surface area (Å²) in [5.74, 6) is 0.869. The van der Waals surface area contributed by atoms with Crippen molar-refractivity contribution in [2.45, 2.75) is 6.54 Å². The molecule has 7 nitrogen and oxygen atoms in total. The van der Waals surface area contributed by atoms with E-state index in [-0.39, 0.29) is 5.57 Å². The lowest BCUT2D eigenvalue weighted by Gasteiger charge is -2.18. The van der Waals surface area contributed by atoms with Crippen LogP contribution in [0.2, 0.25) is 0 Å². The molecule has 0 aliphatic carbocycles. The topological polar surface area (TPSA) is 89.2 Å². The maximum atomic E-state index is 12.8. The number of nitrogens with zero attached hydrogens (tertiary/aromatic N) is 3. The van der Waals surface area contributed by atoms with Crippen molar-refractivity contribution in [3.8, 4) is 34.5 Å². The summed E-state index contributed by atoms with van der Waals surface area (Å²) in [6, 6.07) is 26.8. The summed E-state index contributed by atoms with van der Waals surface area (Å²) in [7, 11) is 0. The van der Waals surface area contributed by atoms with Gasteiger partial charge < -0.3 is 14.8 Å². The number of para-hydroxylation sites is 1. The molecule has 1 N–H and O–H groups in total. The Labute approximate surface area is 202 Å². The van der Waals surface area contributed by atoms with Gasteiger partial charge in [-0.1, -0.05) is 48.5 Å². The summed E-state index contributed by atoms with van der Waals surface area (Å²) in [6.45, 7) is 1.31. The van der Waals surface area contributed by atoms with Gasteiger partial charge in [0.25, 0.3) is 5.91 Å². The van der Waals surface area contributed by atoms with Crippen LogP contribution in [0, 0.1) is 11.3 Å². The van der Waals surface area contributed by atoms with Crippen LogP contribution in [-0.2, 0) is 11.3 Å². The van der Waals surface area contributed by atoms with Crippen LogP contribution in [0.4, 0.5) is 0 Å². The number of rotatable bonds is 6. The molecule has 35 heavy (non-hydrogen) atoms. The van der Waals surface area contributed by atoms with E-state index in [4.69, 9.17) is 14.6 Å². The van der Waals surface area contributed by atoms with Crippen LogP contribution >= 0.6 is 0 Å². The molecular formula is C28H22N4O3. The van der Waals surface area contributed by atoms with E-state index in [1.165, 1.54) is 0 Å². The first-order valence-electron chi connectivity index (χ1n) is 11.2. The Kier molecular flexibility index (Phi) is 6.27. The van der Waals surface area contributed by atoms with Gasteiger partial charge in [0.1, 0.15) is 30.6 Å². The van der Waals surface area contributed by atoms with Crippen molar-refractivity contribution in [2.24, 2.45) is 0 Å². The standard InChI is InChI=1S/C28H22N4O3/c29-17-22(28(33)30-18-20-7-3-1-4-8-20)15-23-19-32(24-9-5-2-6-10-24)31-27(23)21-11-12-25-26(16-21)35-14-13-34-25/h1-12,15-16,19H,13-14,18H2,(H,30,33). The molecule has 1 aromatic heterocycles. The molecule has 3 aromatic carbocycles. The zero-order valence-corrected chi connectivity index (χ0v) is 18.8. The first-order valence-corrected chi connectivity index (χ1v) is 11.2. The van der Waals surface area contributed by atoms with E-state index in [0.29, 0.717) is 42.5 Å². The van der Waals surface area contributed by atoms with E-state index in [2.05, 4.69) is 5.32 Å². The lowest BCUT2D eigenvalue weighted by Crippen LogP contribution is -2.23. The molecule has 1 aliphatic rings. The molecule has 172 valence electrons. The Bertz CT molecular complexity index is 1420. The van der Waals surface area contributed by atoms with E-state index in [1.54, 1.807) is 10.8 Å². The molecule has 0 bridgehead atoms. The number of hydrogen-bond acceptors (Lipinski definition) is 5. The van der Waals surface area contributed by atoms with Crippen molar-refractivity contribution in [1.29, 1.82) is 5.26 Å². The molecule has 0 spiro atoms. The van der Waals surface area contributed by atoms with Crippen LogP contribution in [0.15, 0.2) is 90.6 Å². The van der Waals surface area contributed by atoms with Crippen molar-refractivity contribution in [2.75, 3.05) is 13.2 Å². The Morgan fingerprint density at radius 3 is 2.46 bits per heavy atom. The minimum absolute atomic E-state index is 0.00710. The number of nitrogens with one attached hydrogen (secondary N) is 1. The van der Waals surface area contributed by atoms with Crippen molar-refractivity contribution < 1.29 is 14.3 Å². The first-order chi connectivity index (χ1) is 17.2. The maximum Gasteiger partial charge on any atom is 0.262 e. The fourth-order valence-electron chi connectivity index (χ4n) is 3.80. The molecule has 2 heterocycles. The molecule has 0 unspecified atom stereocenters. The molecule has 5 rings (SSSR count). The van der Waals surface area contributed by atoms with Gasteiger partial charge in [0.05, 0.1) is 5.69 Å². The summed E-state index contributed by atoms with van der Waals surface area (Å²) in [5, 5.41) is 17.3. The lowest BCUT2D eigenvalue weighted by atomic mass is 10.0. The van der Waals surface area contributed by atoms with Crippen LogP contribution in [0.1, 0.15) is 11.1 Å². The minimum Gasteiger partial charge on any atom is -0.486 e. The largest absolute Gasteiger partial charge is 0.486 e. The highest BCUT2D eigenvalue weighted by Crippen LogP contribution is 2.35. The predicted octanol–water partition coefficient (Wildman–Crippen LogP) is 4.53. The quantitative estimate of drug-likeness (QED) is 0.336. The Balaban J connectivity index is 1.51. The van der Waals surface area contributed by atoms with Crippen LogP contribution in [0.25, 0.3) is 23.0 Å². The zero-order chi connectivity index (χ0) is 24.0. The summed E-state index contributed by atoms with van der Waals surface area (Å²) in [4.78, 5) is 12.8. The van der Waals surface area contributed by atoms with E-state index in [0.717, 1.165) is 16.8 Å². The van der Waals surface area contributed by atoms with Crippen molar-refractivity contribution in [1.82, 2.24) is 15.1 Å². The summed E-state index contributed by atoms with van der Waals surface area (Å²) < 4.78 is 13.1. The number of hydrogen-bond donors (Lipinski definition) is 1. The second-order valence-corrected chi connectivity index (χ2v) is 7.91. The number of nitriles is 1. The van der Waals surface area contributed by atoms with Gasteiger partial charge in [-0.3, -0.25) is 4.79 Å². The van der Waals surface area contributed by atoms with Gasteiger partial charge in [-0.15, -0.1) is 0 Å². The third-order valence-corrected chi connectivity index (χ3v) is 5.54. The fraction of sp³-hybridized carbons (Fsp3) is 0.107. The summed E-state index contributed by atoms with van der Waals surface area (Å²) >= 11 is 0. The van der Waals surface area contributed by atoms with Gasteiger partial charge in [0, 0.05) is 23.9 Å². The molecule has 0 fully saturated rings. The average Bonchev–Trinajstić information content (AvgIpc) is 3.35. The number of amides is 1. The number of ether oxygens (including phenoxy) is 2. The van der Waals surface area contributed by atoms with E-state index in [1.807, 2.05) is 91.1 Å². The monoisotopic (exact) mass is 462 g/mol. The van der Waals surface area contributed by atoms with Crippen LogP contribution in [0.5, 0.6) is 11.5 Å². The van der Waals surface area contributed by atoms with Crippen LogP contribution in [-0.4, -0.2) is 28.9 Å². The van der Waals surface area contributed by atoms with E-state index >= 15 is 0 Å². The molecule has 1 amide bonds. The lowest BCUT2D eigenvalue weighted by molar-refractivity contribution is -0.117. The third-order valence-electron chi connectivity index (χ3n) is 5.54. The fourth-order valence-corrected chi connectivity index (χ4v) is 3.80. The predicted molar refractivity (Wildman–Crippen MR) is 132 cm³/mol. The highest BCUT2D eigenvalue weighted by Gasteiger charge is 2.18. The molecule has 4 aromatic rings. The summed E-state index contributed by atoms with van der Waals surface area (Å²) in [6.07, 6.45) is 3.38. The van der Waals surface area contributed by atoms with E-state index in [9.17, 15) is 10.1 Å². The molecule has 0 saturated carbocycles. The zero-order valence-electron chi connectivity index (χ0n) is 18.8. The van der Waals surface area contributed by atoms with Gasteiger partial charge >= 0.3 is 0 Å². The minimum atomic E-state index is -0.447. The number of aromatic nitrogens is 2. The van der Waals surface area contributed by atoms with E-state index < -0.39 is 5.91 Å². The SMILES string of the molecule is N#CC(=Cc1cn(-c2ccccc2)nc1-c1ccc2c(c1)OCCO2)C(=O)NCc1ccccc1. The van der Waals surface area contributed by atoms with Gasteiger partial charge in [-0.25, -0.2) is 4.68 Å². The molecule has 0 saturated heterocycles. The van der Waals surface area contributed by atoms with Crippen molar-refractivity contribution >= 4 is 12.0 Å². The van der Waals surface area contributed by atoms with Gasteiger partial charge in [0.2, 0.25) is 0 Å². The first kappa shape index (κ1) is 22.0. The Hall–Kier alpha value is -4.83. The highest BCUT2D eigenvalue weighted by atomic mass is 16.6. The Morgan fingerprint density at radius 2 is 1.71 bits per heavy atom. The summed E-state index contributed by atoms with van der Waals surface area (Å²) in [5.41, 5.74) is 3.85. The normalized spacial score (nSPS) is 12.6. The smallest absolute Gasteiger partial charge is 0.262 e. The number of benzene rings is 3. The average molecular weight is 463 g/mol. The number of carbonyl (C=O) groups excluding carboxylic acids is 1. The molecule has 1 aliphatic heterocycles. The second-order valence-electron chi connectivity index (χ2n) is 7.91. The van der Waals surface area contributed by atoms with Crippen LogP contribution < -0.4 is 14.8 Å². The van der Waals surface area contributed by atoms with Crippen molar-refractivity contribution in [3.05, 3.63) is 102 Å². The van der Waals surface area contributed by atoms with Crippen molar-refractivity contribution in [3.63, 3.8) is 0 Å². The molecule has 0 radical (unpaired) electrons. The van der Waals surface area contributed by atoms with Gasteiger partial charge in [-0.05, 0) is 42.0 Å².